The van der Waals surface area contributed by atoms with Crippen molar-refractivity contribution in [3.63, 3.8) is 0 Å². The standard InChI is InChI=1S/C21H17ClN2O2S2/c22-16-10-4-5-11-17(16)23-19(25)13-14-24-20(26)18(28-21(24)27)12-6-9-15-7-2-1-3-8-15/h1-12H,13-14H2,(H,23,25)/b9-6+,18-12-. The Morgan fingerprint density at radius 2 is 1.86 bits per heavy atom. The topological polar surface area (TPSA) is 49.4 Å². The van der Waals surface area contributed by atoms with Gasteiger partial charge in [0.05, 0.1) is 15.6 Å². The zero-order valence-corrected chi connectivity index (χ0v) is 17.2. The molecule has 2 aromatic carbocycles. The van der Waals surface area contributed by atoms with Gasteiger partial charge in [0, 0.05) is 13.0 Å². The van der Waals surface area contributed by atoms with Crippen LogP contribution < -0.4 is 5.32 Å². The van der Waals surface area contributed by atoms with E-state index in [9.17, 15) is 9.59 Å². The molecule has 28 heavy (non-hydrogen) atoms. The predicted octanol–water partition coefficient (Wildman–Crippen LogP) is 5.13. The fraction of sp³-hybridized carbons (Fsp3) is 0.0952. The van der Waals surface area contributed by atoms with Crippen LogP contribution in [-0.2, 0) is 9.59 Å². The Labute approximate surface area is 178 Å². The van der Waals surface area contributed by atoms with Crippen molar-refractivity contribution in [3.05, 3.63) is 82.2 Å². The molecule has 4 nitrogen and oxygen atoms in total. The molecule has 0 aliphatic carbocycles. The summed E-state index contributed by atoms with van der Waals surface area (Å²) in [5.41, 5.74) is 1.59. The quantitative estimate of drug-likeness (QED) is 0.512. The van der Waals surface area contributed by atoms with Crippen molar-refractivity contribution in [1.82, 2.24) is 4.90 Å². The number of para-hydroxylation sites is 1. The van der Waals surface area contributed by atoms with Gasteiger partial charge in [0.15, 0.2) is 0 Å². The zero-order valence-electron chi connectivity index (χ0n) is 14.8. The average molecular weight is 429 g/mol. The summed E-state index contributed by atoms with van der Waals surface area (Å²) in [6.07, 6.45) is 5.62. The number of carbonyl (C=O) groups is 2. The third-order valence-corrected chi connectivity index (χ3v) is 5.65. The summed E-state index contributed by atoms with van der Waals surface area (Å²) in [7, 11) is 0. The second kappa shape index (κ2) is 9.68. The minimum atomic E-state index is -0.227. The number of nitrogens with one attached hydrogen (secondary N) is 1. The number of hydrogen-bond donors (Lipinski definition) is 1. The van der Waals surface area contributed by atoms with E-state index in [1.165, 1.54) is 16.7 Å². The Morgan fingerprint density at radius 3 is 2.61 bits per heavy atom. The van der Waals surface area contributed by atoms with Crippen molar-refractivity contribution >= 4 is 63.5 Å². The van der Waals surface area contributed by atoms with E-state index >= 15 is 0 Å². The summed E-state index contributed by atoms with van der Waals surface area (Å²) in [5, 5.41) is 3.21. The number of carbonyl (C=O) groups excluding carboxylic acids is 2. The molecule has 1 fully saturated rings. The second-order valence-electron chi connectivity index (χ2n) is 5.90. The van der Waals surface area contributed by atoms with Crippen LogP contribution in [0.3, 0.4) is 0 Å². The van der Waals surface area contributed by atoms with E-state index in [0.29, 0.717) is 19.9 Å². The summed E-state index contributed by atoms with van der Waals surface area (Å²) in [6, 6.07) is 16.8. The van der Waals surface area contributed by atoms with E-state index in [1.807, 2.05) is 42.5 Å². The average Bonchev–Trinajstić information content (AvgIpc) is 2.96. The maximum atomic E-state index is 12.5. The largest absolute Gasteiger partial charge is 0.325 e. The van der Waals surface area contributed by atoms with Crippen molar-refractivity contribution < 1.29 is 9.59 Å². The highest BCUT2D eigenvalue weighted by Gasteiger charge is 2.31. The fourth-order valence-electron chi connectivity index (χ4n) is 2.51. The number of benzene rings is 2. The molecule has 1 saturated heterocycles. The molecule has 0 saturated carbocycles. The first kappa shape index (κ1) is 20.3. The number of halogens is 1. The van der Waals surface area contributed by atoms with Crippen LogP contribution in [0, 0.1) is 0 Å². The molecule has 1 N–H and O–H groups in total. The lowest BCUT2D eigenvalue weighted by molar-refractivity contribution is -0.122. The number of thioether (sulfide) groups is 1. The Kier molecular flexibility index (Phi) is 7.03. The number of anilines is 1. The van der Waals surface area contributed by atoms with Gasteiger partial charge >= 0.3 is 0 Å². The van der Waals surface area contributed by atoms with Crippen LogP contribution in [0.2, 0.25) is 5.02 Å². The summed E-state index contributed by atoms with van der Waals surface area (Å²) in [5.74, 6) is -0.409. The first-order chi connectivity index (χ1) is 13.5. The monoisotopic (exact) mass is 428 g/mol. The minimum Gasteiger partial charge on any atom is -0.325 e. The Balaban J connectivity index is 1.56. The van der Waals surface area contributed by atoms with Gasteiger partial charge in [0.2, 0.25) is 5.91 Å². The molecule has 0 spiro atoms. The van der Waals surface area contributed by atoms with E-state index < -0.39 is 0 Å². The number of hydrogen-bond acceptors (Lipinski definition) is 4. The maximum absolute atomic E-state index is 12.5. The first-order valence-corrected chi connectivity index (χ1v) is 10.2. The van der Waals surface area contributed by atoms with Crippen molar-refractivity contribution in [1.29, 1.82) is 0 Å². The predicted molar refractivity (Wildman–Crippen MR) is 120 cm³/mol. The summed E-state index contributed by atoms with van der Waals surface area (Å²) in [4.78, 5) is 26.7. The van der Waals surface area contributed by atoms with Crippen LogP contribution in [0.25, 0.3) is 6.08 Å². The molecule has 0 radical (unpaired) electrons. The van der Waals surface area contributed by atoms with E-state index in [0.717, 1.165) is 5.56 Å². The van der Waals surface area contributed by atoms with E-state index in [-0.39, 0.29) is 24.8 Å². The molecule has 3 rings (SSSR count). The number of nitrogens with zero attached hydrogens (tertiary/aromatic N) is 1. The second-order valence-corrected chi connectivity index (χ2v) is 7.99. The lowest BCUT2D eigenvalue weighted by atomic mass is 10.2. The molecule has 1 aliphatic rings. The highest BCUT2D eigenvalue weighted by Crippen LogP contribution is 2.31. The summed E-state index contributed by atoms with van der Waals surface area (Å²) in [6.45, 7) is 0.223. The molecule has 2 aromatic rings. The normalized spacial score (nSPS) is 15.6. The van der Waals surface area contributed by atoms with Gasteiger partial charge in [-0.2, -0.15) is 0 Å². The molecule has 0 unspecified atom stereocenters. The number of amides is 2. The van der Waals surface area contributed by atoms with Crippen LogP contribution in [0.1, 0.15) is 12.0 Å². The highest BCUT2D eigenvalue weighted by molar-refractivity contribution is 8.26. The molecule has 0 bridgehead atoms. The summed E-state index contributed by atoms with van der Waals surface area (Å²) >= 11 is 12.6. The van der Waals surface area contributed by atoms with Crippen LogP contribution in [0.4, 0.5) is 5.69 Å². The van der Waals surface area contributed by atoms with Crippen LogP contribution in [0.5, 0.6) is 0 Å². The van der Waals surface area contributed by atoms with Gasteiger partial charge < -0.3 is 5.32 Å². The smallest absolute Gasteiger partial charge is 0.266 e. The number of allylic oxidation sites excluding steroid dienone is 2. The van der Waals surface area contributed by atoms with Crippen LogP contribution in [0.15, 0.2) is 71.7 Å². The van der Waals surface area contributed by atoms with Gasteiger partial charge in [-0.05, 0) is 23.8 Å². The van der Waals surface area contributed by atoms with E-state index in [1.54, 1.807) is 30.3 Å². The van der Waals surface area contributed by atoms with Crippen molar-refractivity contribution in [2.45, 2.75) is 6.42 Å². The van der Waals surface area contributed by atoms with E-state index in [4.69, 9.17) is 23.8 Å². The Hall–Kier alpha value is -2.41. The van der Waals surface area contributed by atoms with Crippen LogP contribution >= 0.6 is 35.6 Å². The van der Waals surface area contributed by atoms with Crippen molar-refractivity contribution in [2.75, 3.05) is 11.9 Å². The molecule has 1 heterocycles. The zero-order chi connectivity index (χ0) is 19.9. The lowest BCUT2D eigenvalue weighted by Gasteiger charge is -2.14. The Bertz CT molecular complexity index is 958. The molecule has 0 atom stereocenters. The third kappa shape index (κ3) is 5.32. The highest BCUT2D eigenvalue weighted by atomic mass is 35.5. The molecule has 2 amide bonds. The van der Waals surface area contributed by atoms with Gasteiger partial charge in [0.1, 0.15) is 4.32 Å². The van der Waals surface area contributed by atoms with Gasteiger partial charge in [-0.3, -0.25) is 14.5 Å². The Morgan fingerprint density at radius 1 is 1.14 bits per heavy atom. The maximum Gasteiger partial charge on any atom is 0.266 e. The number of thiocarbonyl (C=S) groups is 1. The molecule has 142 valence electrons. The minimum absolute atomic E-state index is 0.130. The number of rotatable bonds is 6. The van der Waals surface area contributed by atoms with Gasteiger partial charge in [0.25, 0.3) is 5.91 Å². The van der Waals surface area contributed by atoms with Crippen molar-refractivity contribution in [3.8, 4) is 0 Å². The summed E-state index contributed by atoms with van der Waals surface area (Å²) < 4.78 is 0.454. The molecular formula is C21H17ClN2O2S2. The molecule has 7 heteroatoms. The van der Waals surface area contributed by atoms with Gasteiger partial charge in [-0.1, -0.05) is 90.2 Å². The first-order valence-electron chi connectivity index (χ1n) is 8.56. The molecule has 1 aliphatic heterocycles. The third-order valence-electron chi connectivity index (χ3n) is 3.92. The van der Waals surface area contributed by atoms with Gasteiger partial charge in [-0.25, -0.2) is 0 Å². The fourth-order valence-corrected chi connectivity index (χ4v) is 3.95. The van der Waals surface area contributed by atoms with Gasteiger partial charge in [-0.15, -0.1) is 0 Å². The van der Waals surface area contributed by atoms with Crippen molar-refractivity contribution in [2.24, 2.45) is 0 Å². The lowest BCUT2D eigenvalue weighted by Crippen LogP contribution is -2.31. The SMILES string of the molecule is O=C(CCN1C(=O)/C(=C/C=C/c2ccccc2)SC1=S)Nc1ccccc1Cl. The van der Waals surface area contributed by atoms with Crippen LogP contribution in [-0.4, -0.2) is 27.6 Å². The van der Waals surface area contributed by atoms with E-state index in [2.05, 4.69) is 5.32 Å². The molecular weight excluding hydrogens is 412 g/mol. The molecule has 0 aromatic heterocycles.